The summed E-state index contributed by atoms with van der Waals surface area (Å²) in [5.74, 6) is 0. The number of aryl methyl sites for hydroxylation is 1. The number of hydrogen-bond donors (Lipinski definition) is 1. The van der Waals surface area contributed by atoms with Crippen LogP contribution in [0.15, 0.2) is 18.2 Å². The third kappa shape index (κ3) is 2.32. The van der Waals surface area contributed by atoms with Gasteiger partial charge < -0.3 is 5.73 Å². The molecule has 0 bridgehead atoms. The van der Waals surface area contributed by atoms with E-state index in [4.69, 9.17) is 5.73 Å². The molecular formula is C16H26N2. The summed E-state index contributed by atoms with van der Waals surface area (Å²) in [6.07, 6.45) is 1.09. The zero-order valence-corrected chi connectivity index (χ0v) is 12.3. The highest BCUT2D eigenvalue weighted by atomic mass is 15.3. The van der Waals surface area contributed by atoms with Gasteiger partial charge in [0.1, 0.15) is 0 Å². The summed E-state index contributed by atoms with van der Waals surface area (Å²) in [4.78, 5) is 2.56. The molecule has 2 N–H and O–H groups in total. The van der Waals surface area contributed by atoms with Gasteiger partial charge in [-0.15, -0.1) is 0 Å². The molecule has 2 nitrogen and oxygen atoms in total. The molecule has 2 heteroatoms. The second-order valence-corrected chi connectivity index (χ2v) is 6.55. The van der Waals surface area contributed by atoms with Gasteiger partial charge in [-0.1, -0.05) is 18.2 Å². The van der Waals surface area contributed by atoms with Gasteiger partial charge in [-0.25, -0.2) is 0 Å². The monoisotopic (exact) mass is 246 g/mol. The summed E-state index contributed by atoms with van der Waals surface area (Å²) >= 11 is 0. The van der Waals surface area contributed by atoms with E-state index in [2.05, 4.69) is 57.7 Å². The SMILES string of the molecule is Cc1cccc(C2C(N)CCN2C(C)(C)C)c1C. The second kappa shape index (κ2) is 4.67. The first kappa shape index (κ1) is 13.6. The molecule has 0 spiro atoms. The first-order valence-electron chi connectivity index (χ1n) is 6.91. The summed E-state index contributed by atoms with van der Waals surface area (Å²) < 4.78 is 0. The van der Waals surface area contributed by atoms with E-state index in [1.807, 2.05) is 0 Å². The van der Waals surface area contributed by atoms with Gasteiger partial charge >= 0.3 is 0 Å². The third-order valence-electron chi connectivity index (χ3n) is 4.27. The Morgan fingerprint density at radius 3 is 2.50 bits per heavy atom. The Labute approximate surface area is 111 Å². The van der Waals surface area contributed by atoms with Crippen molar-refractivity contribution in [3.63, 3.8) is 0 Å². The molecule has 1 heterocycles. The first-order valence-corrected chi connectivity index (χ1v) is 6.91. The molecule has 18 heavy (non-hydrogen) atoms. The molecule has 1 aliphatic heterocycles. The standard InChI is InChI=1S/C16H26N2/c1-11-7-6-8-13(12(11)2)15-14(17)9-10-18(15)16(3,4)5/h6-8,14-15H,9-10,17H2,1-5H3. The Kier molecular flexibility index (Phi) is 3.52. The van der Waals surface area contributed by atoms with Crippen LogP contribution in [0, 0.1) is 13.8 Å². The summed E-state index contributed by atoms with van der Waals surface area (Å²) in [6, 6.07) is 7.20. The molecule has 1 saturated heterocycles. The molecule has 2 rings (SSSR count). The van der Waals surface area contributed by atoms with Crippen LogP contribution >= 0.6 is 0 Å². The molecule has 100 valence electrons. The molecule has 1 aliphatic rings. The fraction of sp³-hybridized carbons (Fsp3) is 0.625. The predicted molar refractivity (Wildman–Crippen MR) is 77.7 cm³/mol. The summed E-state index contributed by atoms with van der Waals surface area (Å²) in [5.41, 5.74) is 10.7. The van der Waals surface area contributed by atoms with E-state index in [0.717, 1.165) is 13.0 Å². The average Bonchev–Trinajstić information content (AvgIpc) is 2.64. The smallest absolute Gasteiger partial charge is 0.0507 e. The molecule has 0 radical (unpaired) electrons. The van der Waals surface area contributed by atoms with E-state index in [-0.39, 0.29) is 11.6 Å². The van der Waals surface area contributed by atoms with Gasteiger partial charge in [0.2, 0.25) is 0 Å². The lowest BCUT2D eigenvalue weighted by atomic mass is 9.92. The van der Waals surface area contributed by atoms with Crippen LogP contribution in [0.4, 0.5) is 0 Å². The van der Waals surface area contributed by atoms with Gasteiger partial charge in [0.05, 0.1) is 6.04 Å². The van der Waals surface area contributed by atoms with Crippen LogP contribution in [0.5, 0.6) is 0 Å². The highest BCUT2D eigenvalue weighted by Gasteiger charge is 2.39. The van der Waals surface area contributed by atoms with Crippen LogP contribution in [-0.4, -0.2) is 23.0 Å². The average molecular weight is 246 g/mol. The topological polar surface area (TPSA) is 29.3 Å². The van der Waals surface area contributed by atoms with Crippen molar-refractivity contribution in [2.75, 3.05) is 6.54 Å². The van der Waals surface area contributed by atoms with Gasteiger partial charge in [-0.05, 0) is 57.7 Å². The molecule has 0 amide bonds. The quantitative estimate of drug-likeness (QED) is 0.824. The molecule has 0 aromatic heterocycles. The minimum Gasteiger partial charge on any atom is -0.326 e. The molecule has 0 saturated carbocycles. The molecule has 2 unspecified atom stereocenters. The highest BCUT2D eigenvalue weighted by Crippen LogP contribution is 2.38. The van der Waals surface area contributed by atoms with Crippen molar-refractivity contribution in [2.45, 2.75) is 58.7 Å². The number of rotatable bonds is 1. The largest absolute Gasteiger partial charge is 0.326 e. The summed E-state index contributed by atoms with van der Waals surface area (Å²) in [7, 11) is 0. The normalized spacial score (nSPS) is 25.7. The van der Waals surface area contributed by atoms with Crippen molar-refractivity contribution in [3.05, 3.63) is 34.9 Å². The highest BCUT2D eigenvalue weighted by molar-refractivity contribution is 5.37. The van der Waals surface area contributed by atoms with Crippen molar-refractivity contribution in [3.8, 4) is 0 Å². The lowest BCUT2D eigenvalue weighted by molar-refractivity contribution is 0.116. The van der Waals surface area contributed by atoms with E-state index in [9.17, 15) is 0 Å². The molecule has 1 aromatic rings. The molecular weight excluding hydrogens is 220 g/mol. The summed E-state index contributed by atoms with van der Waals surface area (Å²) in [5, 5.41) is 0. The zero-order chi connectivity index (χ0) is 13.5. The maximum Gasteiger partial charge on any atom is 0.0507 e. The Balaban J connectivity index is 2.43. The van der Waals surface area contributed by atoms with Gasteiger partial charge in [-0.3, -0.25) is 4.90 Å². The molecule has 1 aromatic carbocycles. The molecule has 0 aliphatic carbocycles. The van der Waals surface area contributed by atoms with Gasteiger partial charge in [0, 0.05) is 18.1 Å². The fourth-order valence-corrected chi connectivity index (χ4v) is 3.06. The van der Waals surface area contributed by atoms with Crippen LogP contribution in [0.1, 0.15) is 49.9 Å². The number of nitrogens with two attached hydrogens (primary N) is 1. The molecule has 1 fully saturated rings. The van der Waals surface area contributed by atoms with E-state index in [0.29, 0.717) is 6.04 Å². The minimum absolute atomic E-state index is 0.176. The zero-order valence-electron chi connectivity index (χ0n) is 12.3. The van der Waals surface area contributed by atoms with E-state index in [1.54, 1.807) is 0 Å². The minimum atomic E-state index is 0.176. The summed E-state index contributed by atoms with van der Waals surface area (Å²) in [6.45, 7) is 12.3. The van der Waals surface area contributed by atoms with Crippen molar-refractivity contribution in [1.29, 1.82) is 0 Å². The second-order valence-electron chi connectivity index (χ2n) is 6.55. The van der Waals surface area contributed by atoms with Crippen molar-refractivity contribution < 1.29 is 0 Å². The van der Waals surface area contributed by atoms with Crippen LogP contribution in [-0.2, 0) is 0 Å². The van der Waals surface area contributed by atoms with Crippen LogP contribution in [0.2, 0.25) is 0 Å². The number of likely N-dealkylation sites (tertiary alicyclic amines) is 1. The Hall–Kier alpha value is -0.860. The van der Waals surface area contributed by atoms with E-state index in [1.165, 1.54) is 16.7 Å². The van der Waals surface area contributed by atoms with Crippen LogP contribution < -0.4 is 5.73 Å². The predicted octanol–water partition coefficient (Wildman–Crippen LogP) is 3.18. The van der Waals surface area contributed by atoms with Crippen molar-refractivity contribution in [1.82, 2.24) is 4.90 Å². The lowest BCUT2D eigenvalue weighted by Crippen LogP contribution is -2.43. The third-order valence-corrected chi connectivity index (χ3v) is 4.27. The number of nitrogens with zero attached hydrogens (tertiary/aromatic N) is 1. The van der Waals surface area contributed by atoms with Crippen LogP contribution in [0.3, 0.4) is 0 Å². The fourth-order valence-electron chi connectivity index (χ4n) is 3.06. The van der Waals surface area contributed by atoms with Crippen molar-refractivity contribution >= 4 is 0 Å². The molecule has 2 atom stereocenters. The van der Waals surface area contributed by atoms with E-state index >= 15 is 0 Å². The first-order chi connectivity index (χ1) is 8.32. The number of benzene rings is 1. The van der Waals surface area contributed by atoms with Crippen LogP contribution in [0.25, 0.3) is 0 Å². The number of hydrogen-bond acceptors (Lipinski definition) is 2. The van der Waals surface area contributed by atoms with E-state index < -0.39 is 0 Å². The van der Waals surface area contributed by atoms with Crippen molar-refractivity contribution in [2.24, 2.45) is 5.73 Å². The Morgan fingerprint density at radius 1 is 1.22 bits per heavy atom. The Bertz CT molecular complexity index is 431. The van der Waals surface area contributed by atoms with Gasteiger partial charge in [0.25, 0.3) is 0 Å². The lowest BCUT2D eigenvalue weighted by Gasteiger charge is -2.39. The maximum atomic E-state index is 6.38. The maximum absolute atomic E-state index is 6.38. The Morgan fingerprint density at radius 2 is 1.89 bits per heavy atom. The van der Waals surface area contributed by atoms with Gasteiger partial charge in [0.15, 0.2) is 0 Å². The van der Waals surface area contributed by atoms with Gasteiger partial charge in [-0.2, -0.15) is 0 Å².